The molecule has 3 rings (SSSR count). The molecule has 0 saturated heterocycles. The second kappa shape index (κ2) is 7.66. The Morgan fingerprint density at radius 3 is 2.58 bits per heavy atom. The van der Waals surface area contributed by atoms with Gasteiger partial charge < -0.3 is 11.1 Å². The highest BCUT2D eigenvalue weighted by Crippen LogP contribution is 2.28. The summed E-state index contributed by atoms with van der Waals surface area (Å²) in [4.78, 5) is 15.7. The summed E-state index contributed by atoms with van der Waals surface area (Å²) in [6, 6.07) is 10.6. The van der Waals surface area contributed by atoms with Crippen LogP contribution in [0, 0.1) is 17.6 Å². The van der Waals surface area contributed by atoms with Gasteiger partial charge in [-0.3, -0.25) is 9.78 Å². The van der Waals surface area contributed by atoms with Gasteiger partial charge >= 0.3 is 0 Å². The molecule has 0 aliphatic rings. The zero-order valence-electron chi connectivity index (χ0n) is 13.7. The molecule has 7 heteroatoms. The number of primary amides is 1. The third kappa shape index (κ3) is 3.91. The summed E-state index contributed by atoms with van der Waals surface area (Å²) in [5, 5.41) is 3.82. The summed E-state index contributed by atoms with van der Waals surface area (Å²) < 4.78 is 27.6. The van der Waals surface area contributed by atoms with Crippen molar-refractivity contribution in [3.8, 4) is 0 Å². The third-order valence-corrected chi connectivity index (χ3v) is 4.46. The van der Waals surface area contributed by atoms with Crippen LogP contribution >= 0.6 is 11.6 Å². The normalized spacial score (nSPS) is 12.1. The lowest BCUT2D eigenvalue weighted by molar-refractivity contribution is -0.121. The molecule has 1 amide bonds. The number of halogens is 3. The standard InChI is InChI=1S/C19H16ClF2N3O/c20-15-7-8-24-18-14(15)5-6-16(17(18)22)25-10-12(19(23)26)9-11-1-3-13(21)4-2-11/h1-8,12,25H,9-10H2,(H2,23,26). The van der Waals surface area contributed by atoms with Gasteiger partial charge in [0.25, 0.3) is 0 Å². The number of pyridine rings is 1. The fourth-order valence-electron chi connectivity index (χ4n) is 2.70. The van der Waals surface area contributed by atoms with E-state index in [0.29, 0.717) is 16.8 Å². The zero-order valence-corrected chi connectivity index (χ0v) is 14.4. The van der Waals surface area contributed by atoms with Gasteiger partial charge in [0.15, 0.2) is 5.82 Å². The average Bonchev–Trinajstić information content (AvgIpc) is 2.62. The van der Waals surface area contributed by atoms with Crippen molar-refractivity contribution in [2.45, 2.75) is 6.42 Å². The Morgan fingerprint density at radius 2 is 1.88 bits per heavy atom. The lowest BCUT2D eigenvalue weighted by Crippen LogP contribution is -2.31. The van der Waals surface area contributed by atoms with E-state index in [4.69, 9.17) is 17.3 Å². The van der Waals surface area contributed by atoms with Crippen LogP contribution in [0.1, 0.15) is 5.56 Å². The molecular formula is C19H16ClF2N3O. The number of fused-ring (bicyclic) bond motifs is 1. The maximum atomic E-state index is 14.6. The fourth-order valence-corrected chi connectivity index (χ4v) is 2.91. The lowest BCUT2D eigenvalue weighted by Gasteiger charge is -2.16. The van der Waals surface area contributed by atoms with E-state index in [-0.39, 0.29) is 23.6 Å². The Morgan fingerprint density at radius 1 is 1.15 bits per heavy atom. The van der Waals surface area contributed by atoms with E-state index in [2.05, 4.69) is 10.3 Å². The zero-order chi connectivity index (χ0) is 18.7. The number of carbonyl (C=O) groups excluding carboxylic acids is 1. The van der Waals surface area contributed by atoms with Gasteiger partial charge in [0.2, 0.25) is 5.91 Å². The van der Waals surface area contributed by atoms with Gasteiger partial charge in [0.1, 0.15) is 11.3 Å². The Bertz CT molecular complexity index is 947. The van der Waals surface area contributed by atoms with Gasteiger partial charge in [0, 0.05) is 18.1 Å². The van der Waals surface area contributed by atoms with Crippen molar-refractivity contribution in [1.29, 1.82) is 0 Å². The Kier molecular flexibility index (Phi) is 5.32. The van der Waals surface area contributed by atoms with E-state index in [0.717, 1.165) is 5.56 Å². The van der Waals surface area contributed by atoms with Crippen LogP contribution < -0.4 is 11.1 Å². The van der Waals surface area contributed by atoms with E-state index in [1.807, 2.05) is 0 Å². The molecule has 1 unspecified atom stereocenters. The van der Waals surface area contributed by atoms with Gasteiger partial charge in [-0.1, -0.05) is 23.7 Å². The molecule has 0 saturated carbocycles. The van der Waals surface area contributed by atoms with Crippen LogP contribution in [0.4, 0.5) is 14.5 Å². The monoisotopic (exact) mass is 375 g/mol. The Hall–Kier alpha value is -2.73. The molecule has 134 valence electrons. The minimum Gasteiger partial charge on any atom is -0.382 e. The van der Waals surface area contributed by atoms with Gasteiger partial charge in [0.05, 0.1) is 16.6 Å². The topological polar surface area (TPSA) is 68.0 Å². The van der Waals surface area contributed by atoms with E-state index in [1.54, 1.807) is 30.3 Å². The van der Waals surface area contributed by atoms with Crippen molar-refractivity contribution in [1.82, 2.24) is 4.98 Å². The molecule has 4 nitrogen and oxygen atoms in total. The lowest BCUT2D eigenvalue weighted by atomic mass is 9.98. The number of nitrogens with zero attached hydrogens (tertiary/aromatic N) is 1. The van der Waals surface area contributed by atoms with Crippen LogP contribution in [0.5, 0.6) is 0 Å². The van der Waals surface area contributed by atoms with Crippen LogP contribution in [0.15, 0.2) is 48.7 Å². The van der Waals surface area contributed by atoms with E-state index in [1.165, 1.54) is 18.3 Å². The number of hydrogen-bond acceptors (Lipinski definition) is 3. The van der Waals surface area contributed by atoms with Crippen LogP contribution in [0.3, 0.4) is 0 Å². The van der Waals surface area contributed by atoms with Crippen molar-refractivity contribution in [3.05, 3.63) is 70.9 Å². The molecule has 2 aromatic carbocycles. The van der Waals surface area contributed by atoms with Crippen molar-refractivity contribution < 1.29 is 13.6 Å². The highest BCUT2D eigenvalue weighted by molar-refractivity contribution is 6.35. The first kappa shape index (κ1) is 18.1. The Balaban J connectivity index is 1.77. The summed E-state index contributed by atoms with van der Waals surface area (Å²) in [6.07, 6.45) is 1.75. The van der Waals surface area contributed by atoms with Crippen molar-refractivity contribution in [3.63, 3.8) is 0 Å². The molecule has 1 heterocycles. The third-order valence-electron chi connectivity index (χ3n) is 4.13. The van der Waals surface area contributed by atoms with Crippen LogP contribution in [-0.4, -0.2) is 17.4 Å². The molecule has 0 fully saturated rings. The van der Waals surface area contributed by atoms with E-state index >= 15 is 0 Å². The highest BCUT2D eigenvalue weighted by Gasteiger charge is 2.18. The molecule has 0 spiro atoms. The van der Waals surface area contributed by atoms with Crippen LogP contribution in [0.2, 0.25) is 5.02 Å². The molecule has 0 radical (unpaired) electrons. The largest absolute Gasteiger partial charge is 0.382 e. The number of benzene rings is 2. The van der Waals surface area contributed by atoms with Crippen molar-refractivity contribution in [2.75, 3.05) is 11.9 Å². The molecule has 3 N–H and O–H groups in total. The van der Waals surface area contributed by atoms with Crippen molar-refractivity contribution in [2.24, 2.45) is 11.7 Å². The molecule has 1 atom stereocenters. The van der Waals surface area contributed by atoms with E-state index in [9.17, 15) is 13.6 Å². The molecule has 0 aliphatic heterocycles. The number of nitrogens with two attached hydrogens (primary N) is 1. The number of anilines is 1. The number of carbonyl (C=O) groups is 1. The first-order chi connectivity index (χ1) is 12.5. The Labute approximate surface area is 154 Å². The molecule has 3 aromatic rings. The molecule has 1 aromatic heterocycles. The summed E-state index contributed by atoms with van der Waals surface area (Å²) in [7, 11) is 0. The van der Waals surface area contributed by atoms with Crippen LogP contribution in [0.25, 0.3) is 10.9 Å². The average molecular weight is 376 g/mol. The van der Waals surface area contributed by atoms with E-state index < -0.39 is 17.6 Å². The number of amides is 1. The number of nitrogens with one attached hydrogen (secondary N) is 1. The number of aromatic nitrogens is 1. The maximum Gasteiger partial charge on any atom is 0.222 e. The minimum absolute atomic E-state index is 0.135. The van der Waals surface area contributed by atoms with Gasteiger partial charge in [-0.05, 0) is 42.3 Å². The van der Waals surface area contributed by atoms with Crippen LogP contribution in [-0.2, 0) is 11.2 Å². The maximum absolute atomic E-state index is 14.6. The van der Waals surface area contributed by atoms with Crippen molar-refractivity contribution >= 4 is 34.1 Å². The summed E-state index contributed by atoms with van der Waals surface area (Å²) in [5.41, 5.74) is 6.57. The predicted molar refractivity (Wildman–Crippen MR) is 98.0 cm³/mol. The first-order valence-electron chi connectivity index (χ1n) is 7.96. The second-order valence-electron chi connectivity index (χ2n) is 5.93. The van der Waals surface area contributed by atoms with Gasteiger partial charge in [-0.2, -0.15) is 0 Å². The summed E-state index contributed by atoms with van der Waals surface area (Å²) >= 11 is 6.04. The molecular weight excluding hydrogens is 360 g/mol. The fraction of sp³-hybridized carbons (Fsp3) is 0.158. The highest BCUT2D eigenvalue weighted by atomic mass is 35.5. The number of hydrogen-bond donors (Lipinski definition) is 2. The molecule has 26 heavy (non-hydrogen) atoms. The van der Waals surface area contributed by atoms with Gasteiger partial charge in [-0.25, -0.2) is 8.78 Å². The number of rotatable bonds is 6. The summed E-state index contributed by atoms with van der Waals surface area (Å²) in [5.74, 6) is -2.01. The predicted octanol–water partition coefficient (Wildman–Crippen LogP) is 3.92. The minimum atomic E-state index is -0.581. The second-order valence-corrected chi connectivity index (χ2v) is 6.33. The SMILES string of the molecule is NC(=O)C(CNc1ccc2c(Cl)ccnc2c1F)Cc1ccc(F)cc1. The first-order valence-corrected chi connectivity index (χ1v) is 8.34. The summed E-state index contributed by atoms with van der Waals surface area (Å²) in [6.45, 7) is 0.135. The smallest absolute Gasteiger partial charge is 0.222 e. The molecule has 0 aliphatic carbocycles. The molecule has 0 bridgehead atoms. The van der Waals surface area contributed by atoms with Gasteiger partial charge in [-0.15, -0.1) is 0 Å². The quantitative estimate of drug-likeness (QED) is 0.686.